The van der Waals surface area contributed by atoms with Crippen LogP contribution in [0.4, 0.5) is 0 Å². The summed E-state index contributed by atoms with van der Waals surface area (Å²) in [5, 5.41) is 4.87. The first-order valence-corrected chi connectivity index (χ1v) is 15.6. The van der Waals surface area contributed by atoms with Gasteiger partial charge in [-0.05, 0) is 65.8 Å². The Kier molecular flexibility index (Phi) is 11.3. The summed E-state index contributed by atoms with van der Waals surface area (Å²) in [6.45, 7) is 4.96. The fourth-order valence-corrected chi connectivity index (χ4v) is 5.55. The molecule has 0 fully saturated rings. The minimum absolute atomic E-state index is 0.731. The van der Waals surface area contributed by atoms with Crippen molar-refractivity contribution >= 4 is 21.5 Å². The molecule has 0 aliphatic carbocycles. The Labute approximate surface area is 242 Å². The fraction of sp³-hybridized carbons (Fsp3) is 0.459. The smallest absolute Gasteiger partial charge is 0.127 e. The molecule has 0 bridgehead atoms. The SMILES string of the molecule is CCCCCCCCOc1ccc2ccccc2c1-c1c(OCCCCCC[N+](C)(C)C)ccc2ccccc12. The molecule has 0 aliphatic heterocycles. The maximum Gasteiger partial charge on any atom is 0.127 e. The lowest BCUT2D eigenvalue weighted by Crippen LogP contribution is -2.35. The highest BCUT2D eigenvalue weighted by Crippen LogP contribution is 2.45. The molecular weight excluding hydrogens is 490 g/mol. The highest BCUT2D eigenvalue weighted by Gasteiger charge is 2.19. The number of hydrogen-bond acceptors (Lipinski definition) is 2. The van der Waals surface area contributed by atoms with Gasteiger partial charge in [0.05, 0.1) is 40.9 Å². The second-order valence-electron chi connectivity index (χ2n) is 12.2. The molecule has 4 rings (SSSR count). The third kappa shape index (κ3) is 8.48. The molecule has 0 heterocycles. The van der Waals surface area contributed by atoms with Gasteiger partial charge in [-0.3, -0.25) is 0 Å². The van der Waals surface area contributed by atoms with Crippen molar-refractivity contribution in [3.63, 3.8) is 0 Å². The molecule has 40 heavy (non-hydrogen) atoms. The van der Waals surface area contributed by atoms with Gasteiger partial charge < -0.3 is 14.0 Å². The Bertz CT molecular complexity index is 1340. The van der Waals surface area contributed by atoms with Crippen LogP contribution in [0.25, 0.3) is 32.7 Å². The number of hydrogen-bond donors (Lipinski definition) is 0. The number of benzene rings is 4. The van der Waals surface area contributed by atoms with Crippen LogP contribution in [0.15, 0.2) is 72.8 Å². The molecule has 0 unspecified atom stereocenters. The van der Waals surface area contributed by atoms with Crippen LogP contribution in [0.1, 0.15) is 71.1 Å². The predicted molar refractivity (Wildman–Crippen MR) is 173 cm³/mol. The number of rotatable bonds is 17. The highest BCUT2D eigenvalue weighted by molar-refractivity contribution is 6.09. The van der Waals surface area contributed by atoms with Gasteiger partial charge in [0.25, 0.3) is 0 Å². The van der Waals surface area contributed by atoms with E-state index in [1.165, 1.54) is 79.5 Å². The van der Waals surface area contributed by atoms with Crippen molar-refractivity contribution in [2.75, 3.05) is 40.9 Å². The Morgan fingerprint density at radius 1 is 0.500 bits per heavy atom. The molecule has 0 N–H and O–H groups in total. The van der Waals surface area contributed by atoms with Gasteiger partial charge in [-0.15, -0.1) is 0 Å². The largest absolute Gasteiger partial charge is 0.493 e. The Balaban J connectivity index is 1.59. The minimum atomic E-state index is 0.731. The molecule has 0 aliphatic rings. The summed E-state index contributed by atoms with van der Waals surface area (Å²) >= 11 is 0. The topological polar surface area (TPSA) is 18.5 Å². The van der Waals surface area contributed by atoms with Gasteiger partial charge in [-0.25, -0.2) is 0 Å². The lowest BCUT2D eigenvalue weighted by atomic mass is 9.92. The molecule has 3 nitrogen and oxygen atoms in total. The van der Waals surface area contributed by atoms with E-state index >= 15 is 0 Å². The molecule has 0 saturated carbocycles. The third-order valence-corrected chi connectivity index (χ3v) is 7.77. The molecule has 0 saturated heterocycles. The van der Waals surface area contributed by atoms with Crippen molar-refractivity contribution in [2.45, 2.75) is 71.1 Å². The second-order valence-corrected chi connectivity index (χ2v) is 12.2. The number of unbranched alkanes of at least 4 members (excludes halogenated alkanes) is 8. The maximum absolute atomic E-state index is 6.57. The molecule has 0 amide bonds. The van der Waals surface area contributed by atoms with Gasteiger partial charge in [-0.2, -0.15) is 0 Å². The molecule has 0 spiro atoms. The quantitative estimate of drug-likeness (QED) is 0.0980. The first-order chi connectivity index (χ1) is 19.5. The zero-order chi connectivity index (χ0) is 28.2. The van der Waals surface area contributed by atoms with E-state index in [2.05, 4.69) is 101 Å². The first-order valence-electron chi connectivity index (χ1n) is 15.6. The van der Waals surface area contributed by atoms with Gasteiger partial charge in [0.2, 0.25) is 0 Å². The number of fused-ring (bicyclic) bond motifs is 2. The van der Waals surface area contributed by atoms with Crippen LogP contribution in [0, 0.1) is 0 Å². The normalized spacial score (nSPS) is 11.8. The summed E-state index contributed by atoms with van der Waals surface area (Å²) in [6.07, 6.45) is 12.3. The molecule has 0 aromatic heterocycles. The van der Waals surface area contributed by atoms with Crippen molar-refractivity contribution in [3.8, 4) is 22.6 Å². The summed E-state index contributed by atoms with van der Waals surface area (Å²) in [4.78, 5) is 0. The van der Waals surface area contributed by atoms with Gasteiger partial charge in [0.15, 0.2) is 0 Å². The van der Waals surface area contributed by atoms with E-state index in [9.17, 15) is 0 Å². The summed E-state index contributed by atoms with van der Waals surface area (Å²) < 4.78 is 14.2. The average Bonchev–Trinajstić information content (AvgIpc) is 2.95. The van der Waals surface area contributed by atoms with Gasteiger partial charge in [-0.1, -0.05) is 99.7 Å². The van der Waals surface area contributed by atoms with Gasteiger partial charge >= 0.3 is 0 Å². The van der Waals surface area contributed by atoms with Gasteiger partial charge in [0, 0.05) is 11.1 Å². The molecule has 0 radical (unpaired) electrons. The van der Waals surface area contributed by atoms with E-state index in [4.69, 9.17) is 9.47 Å². The highest BCUT2D eigenvalue weighted by atomic mass is 16.5. The predicted octanol–water partition coefficient (Wildman–Crippen LogP) is 10.0. The van der Waals surface area contributed by atoms with E-state index in [0.29, 0.717) is 0 Å². The van der Waals surface area contributed by atoms with Crippen LogP contribution in [-0.2, 0) is 0 Å². The molecule has 4 aromatic carbocycles. The van der Waals surface area contributed by atoms with Crippen LogP contribution in [-0.4, -0.2) is 45.4 Å². The first kappa shape index (κ1) is 29.9. The Hall–Kier alpha value is -3.04. The van der Waals surface area contributed by atoms with Crippen LogP contribution in [0.2, 0.25) is 0 Å². The summed E-state index contributed by atoms with van der Waals surface area (Å²) in [5.74, 6) is 1.90. The summed E-state index contributed by atoms with van der Waals surface area (Å²) in [5.41, 5.74) is 2.30. The number of ether oxygens (including phenoxy) is 2. The monoisotopic (exact) mass is 540 g/mol. The molecule has 3 heteroatoms. The zero-order valence-electron chi connectivity index (χ0n) is 25.4. The van der Waals surface area contributed by atoms with E-state index in [0.717, 1.165) is 53.2 Å². The summed E-state index contributed by atoms with van der Waals surface area (Å²) in [6, 6.07) is 26.0. The van der Waals surface area contributed by atoms with Crippen molar-refractivity contribution in [1.29, 1.82) is 0 Å². The fourth-order valence-electron chi connectivity index (χ4n) is 5.55. The van der Waals surface area contributed by atoms with Crippen LogP contribution < -0.4 is 9.47 Å². The molecule has 214 valence electrons. The number of nitrogens with zero attached hydrogens (tertiary/aromatic N) is 1. The second kappa shape index (κ2) is 15.1. The van der Waals surface area contributed by atoms with E-state index in [1.807, 2.05) is 0 Å². The van der Waals surface area contributed by atoms with Crippen molar-refractivity contribution < 1.29 is 14.0 Å². The lowest BCUT2D eigenvalue weighted by Gasteiger charge is -2.23. The zero-order valence-corrected chi connectivity index (χ0v) is 25.4. The molecular formula is C37H50NO2+. The van der Waals surface area contributed by atoms with Crippen LogP contribution in [0.3, 0.4) is 0 Å². The standard InChI is InChI=1S/C37H50NO2/c1-5-6-7-8-10-17-28-39-34-25-23-30-19-12-14-21-32(30)36(34)37-33-22-15-13-20-31(33)24-26-35(37)40-29-18-11-9-16-27-38(2,3)4/h12-15,19-26H,5-11,16-18,27-29H2,1-4H3/q+1. The third-order valence-electron chi connectivity index (χ3n) is 7.77. The van der Waals surface area contributed by atoms with E-state index in [1.54, 1.807) is 0 Å². The van der Waals surface area contributed by atoms with E-state index < -0.39 is 0 Å². The van der Waals surface area contributed by atoms with Crippen LogP contribution >= 0.6 is 0 Å². The van der Waals surface area contributed by atoms with Crippen molar-refractivity contribution in [3.05, 3.63) is 72.8 Å². The average molecular weight is 541 g/mol. The minimum Gasteiger partial charge on any atom is -0.493 e. The van der Waals surface area contributed by atoms with Gasteiger partial charge in [0.1, 0.15) is 11.5 Å². The summed E-state index contributed by atoms with van der Waals surface area (Å²) in [7, 11) is 6.80. The molecule has 0 atom stereocenters. The van der Waals surface area contributed by atoms with Crippen LogP contribution in [0.5, 0.6) is 11.5 Å². The van der Waals surface area contributed by atoms with Crippen molar-refractivity contribution in [1.82, 2.24) is 0 Å². The Morgan fingerprint density at radius 2 is 0.950 bits per heavy atom. The maximum atomic E-state index is 6.57. The Morgan fingerprint density at radius 3 is 1.45 bits per heavy atom. The van der Waals surface area contributed by atoms with Crippen molar-refractivity contribution in [2.24, 2.45) is 0 Å². The van der Waals surface area contributed by atoms with E-state index in [-0.39, 0.29) is 0 Å². The molecule has 4 aromatic rings. The number of quaternary nitrogens is 1. The lowest BCUT2D eigenvalue weighted by molar-refractivity contribution is -0.870.